The van der Waals surface area contributed by atoms with Crippen LogP contribution >= 0.6 is 11.3 Å². The molecule has 1 aromatic heterocycles. The van der Waals surface area contributed by atoms with Gasteiger partial charge >= 0.3 is 12.1 Å². The number of carbonyl (C=O) groups is 1. The van der Waals surface area contributed by atoms with Crippen LogP contribution in [0.25, 0.3) is 0 Å². The fourth-order valence-corrected chi connectivity index (χ4v) is 3.87. The van der Waals surface area contributed by atoms with Crippen LogP contribution in [-0.2, 0) is 20.8 Å². The number of fused-ring (bicyclic) bond motifs is 1. The van der Waals surface area contributed by atoms with E-state index in [0.29, 0.717) is 18.2 Å². The van der Waals surface area contributed by atoms with Gasteiger partial charge in [0.2, 0.25) is 0 Å². The average molecular weight is 381 g/mol. The smallest absolute Gasteiger partial charge is 0.475 e. The number of methoxy groups -OCH3 is 1. The standard InChI is InChI=1S/C14H21NO2S.C2HF3O2/c1-16-9-12-2-3-13-14(17-12)4-6-15(13)8-11-5-7-18-10-11;3-2(4,5)1(6)7/h5,7,10,12-14H,2-4,6,8-9H2,1H3;(H,6,7)/t12-,13-,14-;/m1./s1. The Hall–Kier alpha value is -1.16. The Morgan fingerprint density at radius 1 is 1.44 bits per heavy atom. The van der Waals surface area contributed by atoms with E-state index in [2.05, 4.69) is 21.7 Å². The van der Waals surface area contributed by atoms with Crippen LogP contribution in [0.15, 0.2) is 16.8 Å². The van der Waals surface area contributed by atoms with Crippen molar-refractivity contribution in [3.05, 3.63) is 22.4 Å². The molecule has 2 fully saturated rings. The maximum Gasteiger partial charge on any atom is 0.490 e. The molecule has 0 amide bonds. The number of thiophene rings is 1. The van der Waals surface area contributed by atoms with Crippen molar-refractivity contribution in [2.45, 2.75) is 50.2 Å². The van der Waals surface area contributed by atoms with Crippen molar-refractivity contribution in [2.75, 3.05) is 20.3 Å². The molecule has 0 radical (unpaired) electrons. The first-order chi connectivity index (χ1) is 11.8. The molecule has 0 aromatic carbocycles. The highest BCUT2D eigenvalue weighted by molar-refractivity contribution is 7.07. The molecule has 0 aliphatic carbocycles. The Bertz CT molecular complexity index is 538. The number of alkyl halides is 3. The zero-order valence-corrected chi connectivity index (χ0v) is 14.7. The normalized spacial score (nSPS) is 26.6. The average Bonchev–Trinajstić information content (AvgIpc) is 3.18. The van der Waals surface area contributed by atoms with E-state index in [1.54, 1.807) is 18.4 Å². The summed E-state index contributed by atoms with van der Waals surface area (Å²) in [5.41, 5.74) is 1.44. The molecule has 3 rings (SSSR count). The number of carboxylic acid groups (broad SMARTS) is 1. The second-order valence-corrected chi connectivity index (χ2v) is 6.87. The van der Waals surface area contributed by atoms with Gasteiger partial charge in [-0.1, -0.05) is 0 Å². The summed E-state index contributed by atoms with van der Waals surface area (Å²) < 4.78 is 43.1. The molecule has 9 heteroatoms. The topological polar surface area (TPSA) is 59.0 Å². The van der Waals surface area contributed by atoms with Crippen molar-refractivity contribution in [3.8, 4) is 0 Å². The van der Waals surface area contributed by atoms with Gasteiger partial charge in [0.1, 0.15) is 0 Å². The molecule has 3 atom stereocenters. The summed E-state index contributed by atoms with van der Waals surface area (Å²) in [6.45, 7) is 3.00. The van der Waals surface area contributed by atoms with Gasteiger partial charge in [0.15, 0.2) is 0 Å². The minimum Gasteiger partial charge on any atom is -0.475 e. The van der Waals surface area contributed by atoms with Crippen LogP contribution in [0.2, 0.25) is 0 Å². The molecule has 0 saturated carbocycles. The fourth-order valence-electron chi connectivity index (χ4n) is 3.21. The van der Waals surface area contributed by atoms with Crippen molar-refractivity contribution in [1.29, 1.82) is 0 Å². The molecule has 3 heterocycles. The van der Waals surface area contributed by atoms with E-state index in [-0.39, 0.29) is 0 Å². The number of ether oxygens (including phenoxy) is 2. The van der Waals surface area contributed by atoms with Gasteiger partial charge in [0.05, 0.1) is 18.8 Å². The first-order valence-electron chi connectivity index (χ1n) is 8.01. The predicted molar refractivity (Wildman–Crippen MR) is 86.6 cm³/mol. The molecule has 0 bridgehead atoms. The maximum absolute atomic E-state index is 10.6. The highest BCUT2D eigenvalue weighted by Crippen LogP contribution is 2.32. The van der Waals surface area contributed by atoms with E-state index >= 15 is 0 Å². The number of rotatable bonds is 4. The van der Waals surface area contributed by atoms with Gasteiger partial charge in [0, 0.05) is 26.2 Å². The zero-order valence-electron chi connectivity index (χ0n) is 13.9. The van der Waals surface area contributed by atoms with Crippen molar-refractivity contribution in [3.63, 3.8) is 0 Å². The second-order valence-electron chi connectivity index (χ2n) is 6.09. The summed E-state index contributed by atoms with van der Waals surface area (Å²) in [5, 5.41) is 11.5. The van der Waals surface area contributed by atoms with Crippen LogP contribution in [0.3, 0.4) is 0 Å². The van der Waals surface area contributed by atoms with Crippen molar-refractivity contribution in [1.82, 2.24) is 4.90 Å². The molecule has 1 aromatic rings. The van der Waals surface area contributed by atoms with E-state index in [9.17, 15) is 13.2 Å². The van der Waals surface area contributed by atoms with Gasteiger partial charge in [-0.3, -0.25) is 4.90 Å². The quantitative estimate of drug-likeness (QED) is 0.868. The number of aliphatic carboxylic acids is 1. The van der Waals surface area contributed by atoms with E-state index in [4.69, 9.17) is 19.4 Å². The lowest BCUT2D eigenvalue weighted by molar-refractivity contribution is -0.192. The van der Waals surface area contributed by atoms with Crippen molar-refractivity contribution >= 4 is 17.3 Å². The van der Waals surface area contributed by atoms with E-state index in [0.717, 1.165) is 19.6 Å². The fraction of sp³-hybridized carbons (Fsp3) is 0.688. The summed E-state index contributed by atoms with van der Waals surface area (Å²) >= 11 is 1.78. The van der Waals surface area contributed by atoms with Crippen molar-refractivity contribution in [2.24, 2.45) is 0 Å². The Labute approximate surface area is 148 Å². The molecule has 142 valence electrons. The van der Waals surface area contributed by atoms with Gasteiger partial charge in [0.25, 0.3) is 0 Å². The lowest BCUT2D eigenvalue weighted by Crippen LogP contribution is -2.43. The molecule has 1 N–H and O–H groups in total. The molecule has 2 aliphatic heterocycles. The summed E-state index contributed by atoms with van der Waals surface area (Å²) in [6, 6.07) is 2.85. The third-order valence-corrected chi connectivity index (χ3v) is 5.04. The number of halogens is 3. The number of nitrogens with zero attached hydrogens (tertiary/aromatic N) is 1. The molecular formula is C16H22F3NO4S. The maximum atomic E-state index is 10.6. The van der Waals surface area contributed by atoms with Crippen molar-refractivity contribution < 1.29 is 32.5 Å². The number of hydrogen-bond acceptors (Lipinski definition) is 5. The van der Waals surface area contributed by atoms with Crippen LogP contribution in [0.4, 0.5) is 13.2 Å². The molecule has 5 nitrogen and oxygen atoms in total. The summed E-state index contributed by atoms with van der Waals surface area (Å²) in [5.74, 6) is -2.76. The third-order valence-electron chi connectivity index (χ3n) is 4.31. The summed E-state index contributed by atoms with van der Waals surface area (Å²) in [4.78, 5) is 11.5. The SMILES string of the molecule is COC[C@H]1CC[C@@H]2[C@@H](CCN2Cc2ccsc2)O1.O=C(O)C(F)(F)F. The van der Waals surface area contributed by atoms with E-state index < -0.39 is 12.1 Å². The van der Waals surface area contributed by atoms with Gasteiger partial charge in [-0.2, -0.15) is 24.5 Å². The third kappa shape index (κ3) is 5.95. The van der Waals surface area contributed by atoms with Crippen LogP contribution in [0.1, 0.15) is 24.8 Å². The Morgan fingerprint density at radius 3 is 2.72 bits per heavy atom. The highest BCUT2D eigenvalue weighted by Gasteiger charge is 2.39. The van der Waals surface area contributed by atoms with Gasteiger partial charge < -0.3 is 14.6 Å². The zero-order chi connectivity index (χ0) is 18.4. The van der Waals surface area contributed by atoms with E-state index in [1.807, 2.05) is 0 Å². The van der Waals surface area contributed by atoms with Gasteiger partial charge in [-0.05, 0) is 41.7 Å². The van der Waals surface area contributed by atoms with Crippen LogP contribution in [0, 0.1) is 0 Å². The summed E-state index contributed by atoms with van der Waals surface area (Å²) in [7, 11) is 1.76. The first kappa shape index (κ1) is 20.2. The van der Waals surface area contributed by atoms with Gasteiger partial charge in [-0.25, -0.2) is 4.79 Å². The molecular weight excluding hydrogens is 359 g/mol. The number of carboxylic acids is 1. The Balaban J connectivity index is 0.000000277. The Morgan fingerprint density at radius 2 is 2.16 bits per heavy atom. The largest absolute Gasteiger partial charge is 0.490 e. The molecule has 25 heavy (non-hydrogen) atoms. The molecule has 0 spiro atoms. The lowest BCUT2D eigenvalue weighted by Gasteiger charge is -2.35. The first-order valence-corrected chi connectivity index (χ1v) is 8.95. The highest BCUT2D eigenvalue weighted by atomic mass is 32.1. The monoisotopic (exact) mass is 381 g/mol. The number of likely N-dealkylation sites (tertiary alicyclic amines) is 1. The van der Waals surface area contributed by atoms with Gasteiger partial charge in [-0.15, -0.1) is 0 Å². The second kappa shape index (κ2) is 8.98. The van der Waals surface area contributed by atoms with Crippen LogP contribution < -0.4 is 0 Å². The minimum atomic E-state index is -5.08. The number of hydrogen-bond donors (Lipinski definition) is 1. The lowest BCUT2D eigenvalue weighted by atomic mass is 9.99. The predicted octanol–water partition coefficient (Wildman–Crippen LogP) is 3.15. The Kier molecular flexibility index (Phi) is 7.24. The molecule has 2 saturated heterocycles. The van der Waals surface area contributed by atoms with Crippen LogP contribution in [0.5, 0.6) is 0 Å². The van der Waals surface area contributed by atoms with Crippen LogP contribution in [-0.4, -0.2) is 60.7 Å². The molecule has 2 aliphatic rings. The van der Waals surface area contributed by atoms with E-state index in [1.165, 1.54) is 24.9 Å². The minimum absolute atomic E-state index is 0.317. The molecule has 0 unspecified atom stereocenters. The summed E-state index contributed by atoms with van der Waals surface area (Å²) in [6.07, 6.45) is -0.776.